The van der Waals surface area contributed by atoms with Crippen molar-refractivity contribution in [2.24, 2.45) is 5.10 Å². The molecule has 24 heavy (non-hydrogen) atoms. The molecule has 4 nitrogen and oxygen atoms in total. The molecule has 2 N–H and O–H groups in total. The minimum Gasteiger partial charge on any atom is -0.488 e. The largest absolute Gasteiger partial charge is 0.488 e. The number of para-hydroxylation sites is 1. The molecule has 0 heterocycles. The zero-order valence-corrected chi connectivity index (χ0v) is 15.4. The molecule has 0 saturated heterocycles. The van der Waals surface area contributed by atoms with E-state index in [1.165, 1.54) is 0 Å². The van der Waals surface area contributed by atoms with Crippen molar-refractivity contribution in [1.29, 1.82) is 0 Å². The lowest BCUT2D eigenvalue weighted by Crippen LogP contribution is -2.31. The summed E-state index contributed by atoms with van der Waals surface area (Å²) in [6.45, 7) is 4.70. The maximum Gasteiger partial charge on any atom is 0.187 e. The zero-order chi connectivity index (χ0) is 17.2. The maximum atomic E-state index is 5.89. The van der Waals surface area contributed by atoms with Crippen molar-refractivity contribution in [3.63, 3.8) is 0 Å². The van der Waals surface area contributed by atoms with E-state index in [-0.39, 0.29) is 0 Å². The van der Waals surface area contributed by atoms with Gasteiger partial charge in [-0.05, 0) is 42.0 Å². The van der Waals surface area contributed by atoms with Gasteiger partial charge in [-0.1, -0.05) is 46.3 Å². The van der Waals surface area contributed by atoms with Crippen LogP contribution in [0.4, 0.5) is 0 Å². The molecule has 0 amide bonds. The predicted molar refractivity (Wildman–Crippen MR) is 106 cm³/mol. The summed E-state index contributed by atoms with van der Waals surface area (Å²) in [4.78, 5) is 0. The summed E-state index contributed by atoms with van der Waals surface area (Å²) in [5, 5.41) is 7.50. The van der Waals surface area contributed by atoms with Gasteiger partial charge in [-0.3, -0.25) is 5.43 Å². The van der Waals surface area contributed by atoms with Crippen LogP contribution < -0.4 is 15.5 Å². The number of thiocarbonyl (C=S) groups is 1. The van der Waals surface area contributed by atoms with Gasteiger partial charge in [0.25, 0.3) is 0 Å². The first kappa shape index (κ1) is 18.2. The quantitative estimate of drug-likeness (QED) is 0.317. The zero-order valence-electron chi connectivity index (χ0n) is 13.0. The van der Waals surface area contributed by atoms with Crippen molar-refractivity contribution in [2.45, 2.75) is 6.61 Å². The molecule has 0 fully saturated rings. The van der Waals surface area contributed by atoms with Crippen molar-refractivity contribution >= 4 is 39.5 Å². The number of halogens is 1. The molecule has 0 unspecified atom stereocenters. The Labute approximate surface area is 155 Å². The number of nitrogens with zero attached hydrogens (tertiary/aromatic N) is 1. The Bertz CT molecular complexity index is 716. The SMILES string of the molecule is C=CCNC(=S)NN=Cc1ccccc1OCc1ccc(Br)cc1. The lowest BCUT2D eigenvalue weighted by Gasteiger charge is -2.09. The van der Waals surface area contributed by atoms with E-state index in [9.17, 15) is 0 Å². The van der Waals surface area contributed by atoms with Crippen LogP contribution in [0.15, 0.2) is 70.8 Å². The first-order valence-corrected chi connectivity index (χ1v) is 8.53. The average Bonchev–Trinajstić information content (AvgIpc) is 2.60. The molecular formula is C18H18BrN3OS. The van der Waals surface area contributed by atoms with Crippen molar-refractivity contribution < 1.29 is 4.74 Å². The maximum absolute atomic E-state index is 5.89. The van der Waals surface area contributed by atoms with Crippen LogP contribution >= 0.6 is 28.1 Å². The standard InChI is InChI=1S/C18H18BrN3OS/c1-2-11-20-18(24)22-21-12-15-5-3-4-6-17(15)23-13-14-7-9-16(19)10-8-14/h2-10,12H,1,11,13H2,(H2,20,22,24). The average molecular weight is 404 g/mol. The minimum absolute atomic E-state index is 0.444. The van der Waals surface area contributed by atoms with E-state index < -0.39 is 0 Å². The van der Waals surface area contributed by atoms with E-state index in [0.717, 1.165) is 21.3 Å². The Morgan fingerprint density at radius 2 is 1.96 bits per heavy atom. The summed E-state index contributed by atoms with van der Waals surface area (Å²) in [5.41, 5.74) is 4.72. The van der Waals surface area contributed by atoms with Gasteiger partial charge in [-0.25, -0.2) is 0 Å². The molecule has 0 bridgehead atoms. The van der Waals surface area contributed by atoms with Crippen LogP contribution in [-0.2, 0) is 6.61 Å². The number of hydrogen-bond acceptors (Lipinski definition) is 3. The first-order chi connectivity index (χ1) is 11.7. The van der Waals surface area contributed by atoms with E-state index >= 15 is 0 Å². The number of hydrogen-bond donors (Lipinski definition) is 2. The van der Waals surface area contributed by atoms with Gasteiger partial charge in [0, 0.05) is 16.6 Å². The normalized spacial score (nSPS) is 10.4. The Kier molecular flexibility index (Phi) is 7.45. The Balaban J connectivity index is 1.95. The van der Waals surface area contributed by atoms with Crippen molar-refractivity contribution in [3.8, 4) is 5.75 Å². The first-order valence-electron chi connectivity index (χ1n) is 7.33. The lowest BCUT2D eigenvalue weighted by atomic mass is 10.2. The van der Waals surface area contributed by atoms with E-state index in [2.05, 4.69) is 38.4 Å². The van der Waals surface area contributed by atoms with Gasteiger partial charge in [-0.2, -0.15) is 5.10 Å². The van der Waals surface area contributed by atoms with Gasteiger partial charge in [-0.15, -0.1) is 6.58 Å². The van der Waals surface area contributed by atoms with Crippen LogP contribution in [0.2, 0.25) is 0 Å². The highest BCUT2D eigenvalue weighted by Gasteiger charge is 2.01. The van der Waals surface area contributed by atoms with E-state index in [4.69, 9.17) is 17.0 Å². The smallest absolute Gasteiger partial charge is 0.187 e. The molecule has 0 aromatic heterocycles. The third-order valence-corrected chi connectivity index (χ3v) is 3.77. The van der Waals surface area contributed by atoms with Gasteiger partial charge < -0.3 is 10.1 Å². The molecule has 2 rings (SSSR count). The second-order valence-corrected chi connectivity index (χ2v) is 6.15. The Morgan fingerprint density at radius 3 is 2.71 bits per heavy atom. The van der Waals surface area contributed by atoms with Crippen LogP contribution in [0.5, 0.6) is 5.75 Å². The molecule has 2 aromatic rings. The highest BCUT2D eigenvalue weighted by atomic mass is 79.9. The van der Waals surface area contributed by atoms with Crippen molar-refractivity contribution in [2.75, 3.05) is 6.54 Å². The van der Waals surface area contributed by atoms with E-state index in [1.807, 2.05) is 48.5 Å². The fourth-order valence-corrected chi connectivity index (χ4v) is 2.23. The Hall–Kier alpha value is -2.18. The lowest BCUT2D eigenvalue weighted by molar-refractivity contribution is 0.306. The Morgan fingerprint density at radius 1 is 1.21 bits per heavy atom. The van der Waals surface area contributed by atoms with E-state index in [0.29, 0.717) is 18.3 Å². The number of hydrazone groups is 1. The second kappa shape index (κ2) is 9.85. The molecule has 2 aromatic carbocycles. The highest BCUT2D eigenvalue weighted by Crippen LogP contribution is 2.18. The third-order valence-electron chi connectivity index (χ3n) is 3.00. The minimum atomic E-state index is 0.444. The molecule has 0 saturated carbocycles. The number of ether oxygens (including phenoxy) is 1. The van der Waals surface area contributed by atoms with Crippen molar-refractivity contribution in [1.82, 2.24) is 10.7 Å². The summed E-state index contributed by atoms with van der Waals surface area (Å²) in [6.07, 6.45) is 3.40. The number of rotatable bonds is 7. The summed E-state index contributed by atoms with van der Waals surface area (Å²) in [6, 6.07) is 15.7. The van der Waals surface area contributed by atoms with Crippen LogP contribution in [-0.4, -0.2) is 17.9 Å². The van der Waals surface area contributed by atoms with Crippen LogP contribution in [0.1, 0.15) is 11.1 Å². The molecule has 0 aliphatic carbocycles. The monoisotopic (exact) mass is 403 g/mol. The van der Waals surface area contributed by atoms with Crippen LogP contribution in [0, 0.1) is 0 Å². The molecule has 0 aliphatic rings. The molecule has 6 heteroatoms. The van der Waals surface area contributed by atoms with Gasteiger partial charge in [0.2, 0.25) is 0 Å². The molecule has 0 spiro atoms. The summed E-state index contributed by atoms with van der Waals surface area (Å²) >= 11 is 8.50. The van der Waals surface area contributed by atoms with Gasteiger partial charge in [0.15, 0.2) is 5.11 Å². The molecule has 0 aliphatic heterocycles. The van der Waals surface area contributed by atoms with Gasteiger partial charge >= 0.3 is 0 Å². The molecule has 124 valence electrons. The highest BCUT2D eigenvalue weighted by molar-refractivity contribution is 9.10. The molecule has 0 radical (unpaired) electrons. The number of nitrogens with one attached hydrogen (secondary N) is 2. The fourth-order valence-electron chi connectivity index (χ4n) is 1.83. The number of benzene rings is 2. The van der Waals surface area contributed by atoms with Gasteiger partial charge in [0.05, 0.1) is 6.21 Å². The predicted octanol–water partition coefficient (Wildman–Crippen LogP) is 4.01. The van der Waals surface area contributed by atoms with Crippen LogP contribution in [0.25, 0.3) is 0 Å². The molecule has 0 atom stereocenters. The van der Waals surface area contributed by atoms with Crippen molar-refractivity contribution in [3.05, 3.63) is 76.8 Å². The molecular weight excluding hydrogens is 386 g/mol. The summed E-state index contributed by atoms with van der Waals surface area (Å²) in [7, 11) is 0. The van der Waals surface area contributed by atoms with Crippen LogP contribution in [0.3, 0.4) is 0 Å². The third kappa shape index (κ3) is 6.14. The summed E-state index contributed by atoms with van der Waals surface area (Å²) in [5.74, 6) is 0.760. The summed E-state index contributed by atoms with van der Waals surface area (Å²) < 4.78 is 6.94. The van der Waals surface area contributed by atoms with Gasteiger partial charge in [0.1, 0.15) is 12.4 Å². The fraction of sp³-hybridized carbons (Fsp3) is 0.111. The topological polar surface area (TPSA) is 45.7 Å². The van der Waals surface area contributed by atoms with E-state index in [1.54, 1.807) is 12.3 Å². The second-order valence-electron chi connectivity index (χ2n) is 4.82.